The van der Waals surface area contributed by atoms with E-state index in [0.29, 0.717) is 0 Å². The molecule has 1 aliphatic carbocycles. The lowest BCUT2D eigenvalue weighted by Gasteiger charge is -2.47. The van der Waals surface area contributed by atoms with Gasteiger partial charge in [-0.15, -0.1) is 0 Å². The van der Waals surface area contributed by atoms with Crippen molar-refractivity contribution in [3.8, 4) is 0 Å². The number of nitrogens with two attached hydrogens (primary N) is 1. The van der Waals surface area contributed by atoms with Crippen molar-refractivity contribution in [3.05, 3.63) is 35.9 Å². The summed E-state index contributed by atoms with van der Waals surface area (Å²) in [6.07, 6.45) is 1.54. The molecule has 1 aromatic carbocycles. The number of amides is 1. The van der Waals surface area contributed by atoms with Crippen molar-refractivity contribution in [3.63, 3.8) is 0 Å². The van der Waals surface area contributed by atoms with Crippen molar-refractivity contribution in [1.82, 2.24) is 4.90 Å². The minimum absolute atomic E-state index is 0.157. The third-order valence-corrected chi connectivity index (χ3v) is 4.01. The number of carbonyl (C=O) groups is 1. The second kappa shape index (κ2) is 5.11. The third-order valence-electron chi connectivity index (χ3n) is 4.01. The second-order valence-corrected chi connectivity index (χ2v) is 5.09. The first-order chi connectivity index (χ1) is 8.64. The molecule has 1 amide bonds. The van der Waals surface area contributed by atoms with E-state index in [2.05, 4.69) is 0 Å². The average molecular weight is 246 g/mol. The van der Waals surface area contributed by atoms with Gasteiger partial charge in [-0.2, -0.15) is 0 Å². The number of hydrogen-bond donors (Lipinski definition) is 1. The molecule has 0 unspecified atom stereocenters. The maximum Gasteiger partial charge on any atom is 0.233 e. The van der Waals surface area contributed by atoms with Crippen LogP contribution >= 0.6 is 0 Å². The summed E-state index contributed by atoms with van der Waals surface area (Å²) in [5.41, 5.74) is 6.69. The van der Waals surface area contributed by atoms with Crippen LogP contribution in [0.25, 0.3) is 0 Å². The van der Waals surface area contributed by atoms with Crippen LogP contribution in [0.4, 0.5) is 0 Å². The van der Waals surface area contributed by atoms with E-state index in [9.17, 15) is 4.79 Å². The maximum atomic E-state index is 12.7. The van der Waals surface area contributed by atoms with Crippen LogP contribution < -0.4 is 5.73 Å². The molecule has 1 aliphatic rings. The second-order valence-electron chi connectivity index (χ2n) is 5.09. The van der Waals surface area contributed by atoms with Gasteiger partial charge in [0.25, 0.3) is 0 Å². The Balaban J connectivity index is 2.31. The van der Waals surface area contributed by atoms with Crippen LogP contribution in [0.3, 0.4) is 0 Å². The Morgan fingerprint density at radius 1 is 1.28 bits per heavy atom. The zero-order chi connectivity index (χ0) is 13.2. The van der Waals surface area contributed by atoms with Crippen molar-refractivity contribution < 1.29 is 4.79 Å². The fourth-order valence-corrected chi connectivity index (χ4v) is 2.94. The molecule has 98 valence electrons. The van der Waals surface area contributed by atoms with Gasteiger partial charge >= 0.3 is 0 Å². The minimum atomic E-state index is -0.368. The van der Waals surface area contributed by atoms with E-state index in [4.69, 9.17) is 5.73 Å². The highest BCUT2D eigenvalue weighted by Gasteiger charge is 2.51. The highest BCUT2D eigenvalue weighted by Crippen LogP contribution is 2.44. The Bertz CT molecular complexity index is 406. The van der Waals surface area contributed by atoms with Crippen LogP contribution in [0.15, 0.2) is 30.3 Å². The number of benzene rings is 1. The normalized spacial score (nSPS) is 26.5. The molecule has 18 heavy (non-hydrogen) atoms. The molecule has 0 aliphatic heterocycles. The van der Waals surface area contributed by atoms with Gasteiger partial charge in [-0.25, -0.2) is 0 Å². The van der Waals surface area contributed by atoms with Crippen LogP contribution in [-0.4, -0.2) is 29.9 Å². The fraction of sp³-hybridized carbons (Fsp3) is 0.533. The fourth-order valence-electron chi connectivity index (χ4n) is 2.94. The van der Waals surface area contributed by atoms with Crippen molar-refractivity contribution in [1.29, 1.82) is 0 Å². The first-order valence-corrected chi connectivity index (χ1v) is 6.74. The van der Waals surface area contributed by atoms with Gasteiger partial charge in [0.15, 0.2) is 0 Å². The molecule has 3 heteroatoms. The third kappa shape index (κ3) is 2.03. The number of hydrogen-bond acceptors (Lipinski definition) is 2. The van der Waals surface area contributed by atoms with Crippen LogP contribution in [0.1, 0.15) is 32.3 Å². The zero-order valence-corrected chi connectivity index (χ0v) is 11.2. The lowest BCUT2D eigenvalue weighted by atomic mass is 9.61. The molecule has 0 aromatic heterocycles. The predicted octanol–water partition coefficient (Wildman–Crippen LogP) is 1.91. The van der Waals surface area contributed by atoms with Crippen LogP contribution in [-0.2, 0) is 10.2 Å². The van der Waals surface area contributed by atoms with Gasteiger partial charge in [0.1, 0.15) is 0 Å². The smallest absolute Gasteiger partial charge is 0.233 e. The molecule has 0 spiro atoms. The Labute approximate surface area is 109 Å². The maximum absolute atomic E-state index is 12.7. The number of rotatable bonds is 4. The van der Waals surface area contributed by atoms with E-state index in [0.717, 1.165) is 31.5 Å². The summed E-state index contributed by atoms with van der Waals surface area (Å²) >= 11 is 0. The molecule has 1 fully saturated rings. The number of likely N-dealkylation sites (N-methyl/N-ethyl adjacent to an activating group) is 1. The summed E-state index contributed by atoms with van der Waals surface area (Å²) in [7, 11) is 0. The molecule has 2 N–H and O–H groups in total. The standard InChI is InChI=1S/C15H22N2O/c1-3-17(4-2)14(18)15(10-13(16)11-15)12-8-6-5-7-9-12/h5-9,13H,3-4,10-11,16H2,1-2H3/t13-,15-. The highest BCUT2D eigenvalue weighted by atomic mass is 16.2. The molecular weight excluding hydrogens is 224 g/mol. The Kier molecular flexibility index (Phi) is 3.71. The van der Waals surface area contributed by atoms with Crippen LogP contribution in [0, 0.1) is 0 Å². The molecule has 3 nitrogen and oxygen atoms in total. The number of nitrogens with zero attached hydrogens (tertiary/aromatic N) is 1. The van der Waals surface area contributed by atoms with E-state index in [1.54, 1.807) is 0 Å². The summed E-state index contributed by atoms with van der Waals surface area (Å²) in [5, 5.41) is 0. The first-order valence-electron chi connectivity index (χ1n) is 6.74. The first kappa shape index (κ1) is 13.1. The molecular formula is C15H22N2O. The SMILES string of the molecule is CCN(CC)C(=O)[C@]1(c2ccccc2)C[C@@H](N)C1. The van der Waals surface area contributed by atoms with Crippen LogP contribution in [0.2, 0.25) is 0 Å². The largest absolute Gasteiger partial charge is 0.342 e. The van der Waals surface area contributed by atoms with Gasteiger partial charge in [0, 0.05) is 19.1 Å². The Morgan fingerprint density at radius 2 is 1.83 bits per heavy atom. The quantitative estimate of drug-likeness (QED) is 0.882. The zero-order valence-electron chi connectivity index (χ0n) is 11.2. The molecule has 1 saturated carbocycles. The van der Waals surface area contributed by atoms with Crippen molar-refractivity contribution in [2.45, 2.75) is 38.1 Å². The molecule has 0 saturated heterocycles. The van der Waals surface area contributed by atoms with Gasteiger partial charge in [-0.05, 0) is 32.3 Å². The van der Waals surface area contributed by atoms with Gasteiger partial charge in [-0.1, -0.05) is 30.3 Å². The molecule has 1 aromatic rings. The summed E-state index contributed by atoms with van der Waals surface area (Å²) in [4.78, 5) is 14.6. The Hall–Kier alpha value is -1.35. The topological polar surface area (TPSA) is 46.3 Å². The van der Waals surface area contributed by atoms with E-state index in [1.807, 2.05) is 49.1 Å². The van der Waals surface area contributed by atoms with Gasteiger partial charge < -0.3 is 10.6 Å². The minimum Gasteiger partial charge on any atom is -0.342 e. The van der Waals surface area contributed by atoms with Crippen LogP contribution in [0.5, 0.6) is 0 Å². The summed E-state index contributed by atoms with van der Waals surface area (Å²) in [6.45, 7) is 5.58. The lowest BCUT2D eigenvalue weighted by molar-refractivity contribution is -0.141. The van der Waals surface area contributed by atoms with E-state index >= 15 is 0 Å². The van der Waals surface area contributed by atoms with E-state index in [-0.39, 0.29) is 17.4 Å². The van der Waals surface area contributed by atoms with Gasteiger partial charge in [-0.3, -0.25) is 4.79 Å². The monoisotopic (exact) mass is 246 g/mol. The molecule has 0 bridgehead atoms. The Morgan fingerprint density at radius 3 is 2.28 bits per heavy atom. The summed E-state index contributed by atoms with van der Waals surface area (Å²) < 4.78 is 0. The van der Waals surface area contributed by atoms with Gasteiger partial charge in [0.2, 0.25) is 5.91 Å². The average Bonchev–Trinajstić information content (AvgIpc) is 2.37. The number of carbonyl (C=O) groups excluding carboxylic acids is 1. The summed E-state index contributed by atoms with van der Waals surface area (Å²) in [6, 6.07) is 10.2. The lowest BCUT2D eigenvalue weighted by Crippen LogP contribution is -2.58. The van der Waals surface area contributed by atoms with E-state index in [1.165, 1.54) is 0 Å². The summed E-state index contributed by atoms with van der Waals surface area (Å²) in [5.74, 6) is 0.236. The van der Waals surface area contributed by atoms with Gasteiger partial charge in [0.05, 0.1) is 5.41 Å². The molecule has 2 rings (SSSR count). The highest BCUT2D eigenvalue weighted by molar-refractivity contribution is 5.89. The van der Waals surface area contributed by atoms with Crippen molar-refractivity contribution in [2.24, 2.45) is 5.73 Å². The van der Waals surface area contributed by atoms with Crippen molar-refractivity contribution in [2.75, 3.05) is 13.1 Å². The molecule has 0 heterocycles. The molecule has 0 atom stereocenters. The van der Waals surface area contributed by atoms with Crippen molar-refractivity contribution >= 4 is 5.91 Å². The van der Waals surface area contributed by atoms with E-state index < -0.39 is 0 Å². The molecule has 0 radical (unpaired) electrons. The predicted molar refractivity (Wildman–Crippen MR) is 73.3 cm³/mol.